The lowest BCUT2D eigenvalue weighted by Crippen LogP contribution is -2.10. The first-order valence-corrected chi connectivity index (χ1v) is 8.41. The second kappa shape index (κ2) is 6.58. The standard InChI is InChI=1S/C15H21N5S/c1-2-12(16)13-8-7-11(10-17-13)21-15-19-18-14-6-4-3-5-9-20(14)15/h7-8,10,12H,2-6,9,16H2,1H3. The quantitative estimate of drug-likeness (QED) is 0.940. The van der Waals surface area contributed by atoms with E-state index in [-0.39, 0.29) is 6.04 Å². The summed E-state index contributed by atoms with van der Waals surface area (Å²) in [6.45, 7) is 3.09. The Morgan fingerprint density at radius 1 is 1.29 bits per heavy atom. The number of hydrogen-bond acceptors (Lipinski definition) is 5. The molecule has 3 rings (SSSR count). The molecule has 0 fully saturated rings. The number of fused-ring (bicyclic) bond motifs is 1. The predicted molar refractivity (Wildman–Crippen MR) is 83.2 cm³/mol. The van der Waals surface area contributed by atoms with Gasteiger partial charge >= 0.3 is 0 Å². The number of rotatable bonds is 4. The molecule has 2 aromatic rings. The van der Waals surface area contributed by atoms with Crippen LogP contribution in [-0.4, -0.2) is 19.7 Å². The van der Waals surface area contributed by atoms with Crippen LogP contribution in [0.25, 0.3) is 0 Å². The van der Waals surface area contributed by atoms with E-state index in [4.69, 9.17) is 5.73 Å². The van der Waals surface area contributed by atoms with Gasteiger partial charge in [0, 0.05) is 30.1 Å². The van der Waals surface area contributed by atoms with E-state index in [0.29, 0.717) is 0 Å². The van der Waals surface area contributed by atoms with Gasteiger partial charge in [0.2, 0.25) is 0 Å². The minimum Gasteiger partial charge on any atom is -0.323 e. The maximum absolute atomic E-state index is 5.99. The highest BCUT2D eigenvalue weighted by molar-refractivity contribution is 7.99. The molecule has 0 radical (unpaired) electrons. The Balaban J connectivity index is 1.76. The molecule has 2 aromatic heterocycles. The molecule has 6 heteroatoms. The van der Waals surface area contributed by atoms with Gasteiger partial charge in [0.15, 0.2) is 5.16 Å². The zero-order chi connectivity index (χ0) is 14.7. The summed E-state index contributed by atoms with van der Waals surface area (Å²) in [4.78, 5) is 5.54. The minimum absolute atomic E-state index is 0.0217. The monoisotopic (exact) mass is 303 g/mol. The van der Waals surface area contributed by atoms with Crippen LogP contribution in [0.15, 0.2) is 28.4 Å². The molecule has 5 nitrogen and oxygen atoms in total. The first kappa shape index (κ1) is 14.5. The predicted octanol–water partition coefficient (Wildman–Crippen LogP) is 2.96. The van der Waals surface area contributed by atoms with Gasteiger partial charge in [-0.05, 0) is 43.2 Å². The molecule has 21 heavy (non-hydrogen) atoms. The van der Waals surface area contributed by atoms with Gasteiger partial charge < -0.3 is 10.3 Å². The summed E-state index contributed by atoms with van der Waals surface area (Å²) in [6.07, 6.45) is 7.52. The highest BCUT2D eigenvalue weighted by atomic mass is 32.2. The molecule has 0 aromatic carbocycles. The van der Waals surface area contributed by atoms with E-state index < -0.39 is 0 Å². The summed E-state index contributed by atoms with van der Waals surface area (Å²) in [5, 5.41) is 9.63. The normalized spacial score (nSPS) is 16.3. The van der Waals surface area contributed by atoms with E-state index in [1.165, 1.54) is 19.3 Å². The molecule has 0 saturated carbocycles. The molecule has 0 amide bonds. The van der Waals surface area contributed by atoms with Crippen LogP contribution < -0.4 is 5.73 Å². The first-order chi connectivity index (χ1) is 10.3. The molecular weight excluding hydrogens is 282 g/mol. The second-order valence-electron chi connectivity index (χ2n) is 5.40. The van der Waals surface area contributed by atoms with Crippen molar-refractivity contribution in [1.29, 1.82) is 0 Å². The molecule has 1 aliphatic heterocycles. The van der Waals surface area contributed by atoms with Gasteiger partial charge in [-0.15, -0.1) is 10.2 Å². The largest absolute Gasteiger partial charge is 0.323 e. The van der Waals surface area contributed by atoms with Crippen molar-refractivity contribution in [2.45, 2.75) is 61.7 Å². The maximum atomic E-state index is 5.99. The third kappa shape index (κ3) is 3.27. The lowest BCUT2D eigenvalue weighted by atomic mass is 10.1. The van der Waals surface area contributed by atoms with E-state index >= 15 is 0 Å². The fourth-order valence-electron chi connectivity index (χ4n) is 2.52. The Hall–Kier alpha value is -1.40. The van der Waals surface area contributed by atoms with E-state index in [2.05, 4.69) is 32.7 Å². The Labute approximate surface area is 129 Å². The number of aryl methyl sites for hydroxylation is 1. The van der Waals surface area contributed by atoms with Crippen LogP contribution in [0.3, 0.4) is 0 Å². The zero-order valence-electron chi connectivity index (χ0n) is 12.3. The maximum Gasteiger partial charge on any atom is 0.196 e. The Kier molecular flexibility index (Phi) is 4.55. The molecule has 0 spiro atoms. The summed E-state index contributed by atoms with van der Waals surface area (Å²) in [7, 11) is 0. The number of hydrogen-bond donors (Lipinski definition) is 1. The second-order valence-corrected chi connectivity index (χ2v) is 6.44. The van der Waals surface area contributed by atoms with Crippen LogP contribution in [0.5, 0.6) is 0 Å². The van der Waals surface area contributed by atoms with Gasteiger partial charge in [-0.2, -0.15) is 0 Å². The van der Waals surface area contributed by atoms with Crippen molar-refractivity contribution in [2.24, 2.45) is 5.73 Å². The number of pyridine rings is 1. The van der Waals surface area contributed by atoms with Crippen LogP contribution in [0, 0.1) is 0 Å². The molecule has 0 bridgehead atoms. The zero-order valence-corrected chi connectivity index (χ0v) is 13.1. The van der Waals surface area contributed by atoms with E-state index in [9.17, 15) is 0 Å². The minimum atomic E-state index is 0.0217. The summed E-state index contributed by atoms with van der Waals surface area (Å²) < 4.78 is 2.25. The van der Waals surface area contributed by atoms with Crippen molar-refractivity contribution in [3.05, 3.63) is 29.8 Å². The Bertz CT molecular complexity index is 593. The lowest BCUT2D eigenvalue weighted by Gasteiger charge is -2.09. The highest BCUT2D eigenvalue weighted by Crippen LogP contribution is 2.28. The van der Waals surface area contributed by atoms with E-state index in [0.717, 1.165) is 41.0 Å². The number of nitrogens with zero attached hydrogens (tertiary/aromatic N) is 4. The van der Waals surface area contributed by atoms with Crippen LogP contribution in [-0.2, 0) is 13.0 Å². The van der Waals surface area contributed by atoms with Crippen molar-refractivity contribution in [3.63, 3.8) is 0 Å². The Morgan fingerprint density at radius 3 is 2.95 bits per heavy atom. The smallest absolute Gasteiger partial charge is 0.196 e. The molecule has 112 valence electrons. The average molecular weight is 303 g/mol. The molecule has 1 aliphatic rings. The SMILES string of the molecule is CCC(N)c1ccc(Sc2nnc3n2CCCCC3)cn1. The van der Waals surface area contributed by atoms with Gasteiger partial charge in [0.05, 0.1) is 5.69 Å². The molecule has 1 unspecified atom stereocenters. The highest BCUT2D eigenvalue weighted by Gasteiger charge is 2.15. The van der Waals surface area contributed by atoms with Gasteiger partial charge in [0.1, 0.15) is 5.82 Å². The average Bonchev–Trinajstić information content (AvgIpc) is 2.75. The van der Waals surface area contributed by atoms with Gasteiger partial charge in [-0.3, -0.25) is 4.98 Å². The van der Waals surface area contributed by atoms with Crippen LogP contribution in [0.1, 0.15) is 50.2 Å². The lowest BCUT2D eigenvalue weighted by molar-refractivity contribution is 0.591. The molecule has 0 saturated heterocycles. The number of aromatic nitrogens is 4. The van der Waals surface area contributed by atoms with Gasteiger partial charge in [-0.25, -0.2) is 0 Å². The fourth-order valence-corrected chi connectivity index (χ4v) is 3.36. The van der Waals surface area contributed by atoms with Crippen molar-refractivity contribution in [1.82, 2.24) is 19.7 Å². The third-order valence-electron chi connectivity index (χ3n) is 3.86. The molecule has 2 N–H and O–H groups in total. The van der Waals surface area contributed by atoms with Gasteiger partial charge in [-0.1, -0.05) is 13.3 Å². The molecule has 1 atom stereocenters. The topological polar surface area (TPSA) is 69.6 Å². The number of nitrogens with two attached hydrogens (primary N) is 1. The van der Waals surface area contributed by atoms with E-state index in [1.807, 2.05) is 12.3 Å². The first-order valence-electron chi connectivity index (χ1n) is 7.59. The summed E-state index contributed by atoms with van der Waals surface area (Å²) in [6, 6.07) is 4.10. The van der Waals surface area contributed by atoms with Crippen LogP contribution in [0.2, 0.25) is 0 Å². The van der Waals surface area contributed by atoms with Crippen molar-refractivity contribution < 1.29 is 0 Å². The molecular formula is C15H21N5S. The Morgan fingerprint density at radius 2 is 2.19 bits per heavy atom. The van der Waals surface area contributed by atoms with Crippen molar-refractivity contribution in [2.75, 3.05) is 0 Å². The van der Waals surface area contributed by atoms with Crippen molar-refractivity contribution in [3.8, 4) is 0 Å². The fraction of sp³-hybridized carbons (Fsp3) is 0.533. The van der Waals surface area contributed by atoms with Gasteiger partial charge in [0.25, 0.3) is 0 Å². The summed E-state index contributed by atoms with van der Waals surface area (Å²) in [5.74, 6) is 1.12. The summed E-state index contributed by atoms with van der Waals surface area (Å²) in [5.41, 5.74) is 6.94. The molecule has 0 aliphatic carbocycles. The third-order valence-corrected chi connectivity index (χ3v) is 4.83. The van der Waals surface area contributed by atoms with Crippen LogP contribution >= 0.6 is 11.8 Å². The summed E-state index contributed by atoms with van der Waals surface area (Å²) >= 11 is 1.63. The van der Waals surface area contributed by atoms with E-state index in [1.54, 1.807) is 11.8 Å². The van der Waals surface area contributed by atoms with Crippen LogP contribution in [0.4, 0.5) is 0 Å². The van der Waals surface area contributed by atoms with Crippen molar-refractivity contribution >= 4 is 11.8 Å². The molecule has 3 heterocycles.